The zero-order valence-corrected chi connectivity index (χ0v) is 6.86. The Labute approximate surface area is 70.6 Å². The van der Waals surface area contributed by atoms with Gasteiger partial charge in [-0.15, -0.1) is 0 Å². The van der Waals surface area contributed by atoms with Crippen molar-refractivity contribution in [1.82, 2.24) is 0 Å². The summed E-state index contributed by atoms with van der Waals surface area (Å²) < 4.78 is 11.2. The Bertz CT molecular complexity index is 197. The van der Waals surface area contributed by atoms with Crippen LogP contribution in [0.2, 0.25) is 0 Å². The lowest BCUT2D eigenvalue weighted by atomic mass is 10.4. The van der Waals surface area contributed by atoms with E-state index in [1.165, 1.54) is 0 Å². The molecule has 0 aromatic carbocycles. The number of rotatable bonds is 2. The molecule has 0 aromatic heterocycles. The molecule has 5 heteroatoms. The van der Waals surface area contributed by atoms with Gasteiger partial charge in [-0.2, -0.15) is 0 Å². The monoisotopic (exact) mass is 173 g/mol. The van der Waals surface area contributed by atoms with Crippen molar-refractivity contribution in [2.75, 3.05) is 32.8 Å². The molecule has 2 saturated heterocycles. The first kappa shape index (κ1) is 7.97. The van der Waals surface area contributed by atoms with Gasteiger partial charge in [-0.25, -0.2) is 0 Å². The van der Waals surface area contributed by atoms with Gasteiger partial charge in [-0.3, -0.25) is 18.8 Å². The minimum atomic E-state index is -0.281. The lowest BCUT2D eigenvalue weighted by Gasteiger charge is -2.28. The summed E-state index contributed by atoms with van der Waals surface area (Å²) >= 11 is 0. The lowest BCUT2D eigenvalue weighted by molar-refractivity contribution is -0.943. The summed E-state index contributed by atoms with van der Waals surface area (Å²) in [7, 11) is 0. The molecule has 5 nitrogen and oxygen atoms in total. The Morgan fingerprint density at radius 1 is 1.42 bits per heavy atom. The van der Waals surface area contributed by atoms with Crippen LogP contribution in [0.3, 0.4) is 0 Å². The summed E-state index contributed by atoms with van der Waals surface area (Å²) in [5.41, 5.74) is 5.16. The number of amides is 1. The van der Waals surface area contributed by atoms with E-state index in [0.717, 1.165) is 13.1 Å². The van der Waals surface area contributed by atoms with E-state index in [1.54, 1.807) is 0 Å². The van der Waals surface area contributed by atoms with Crippen LogP contribution in [0.4, 0.5) is 0 Å². The SMILES string of the molecule is NC(=O)C[N+]12CCOC1OCC2. The first-order valence-electron chi connectivity index (χ1n) is 4.10. The number of ether oxygens (including phenoxy) is 2. The van der Waals surface area contributed by atoms with Gasteiger partial charge in [0, 0.05) is 0 Å². The second kappa shape index (κ2) is 2.69. The van der Waals surface area contributed by atoms with Gasteiger partial charge in [0.15, 0.2) is 6.54 Å². The molecular weight excluding hydrogens is 160 g/mol. The second-order valence-electron chi connectivity index (χ2n) is 3.34. The Kier molecular flexibility index (Phi) is 1.79. The topological polar surface area (TPSA) is 61.6 Å². The second-order valence-corrected chi connectivity index (χ2v) is 3.34. The maximum absolute atomic E-state index is 10.8. The molecule has 2 N–H and O–H groups in total. The Hall–Kier alpha value is -0.650. The summed E-state index contributed by atoms with van der Waals surface area (Å²) in [6.45, 7) is 3.35. The zero-order chi connectivity index (χ0) is 8.60. The van der Waals surface area contributed by atoms with Crippen LogP contribution in [0.1, 0.15) is 0 Å². The molecule has 0 saturated carbocycles. The van der Waals surface area contributed by atoms with Gasteiger partial charge in [0.25, 0.3) is 5.91 Å². The highest BCUT2D eigenvalue weighted by Crippen LogP contribution is 2.26. The van der Waals surface area contributed by atoms with Crippen LogP contribution in [0, 0.1) is 0 Å². The van der Waals surface area contributed by atoms with E-state index >= 15 is 0 Å². The fourth-order valence-electron chi connectivity index (χ4n) is 1.90. The average Bonchev–Trinajstić information content (AvgIpc) is 2.42. The highest BCUT2D eigenvalue weighted by molar-refractivity contribution is 5.74. The third-order valence-corrected chi connectivity index (χ3v) is 2.51. The molecule has 2 fully saturated rings. The zero-order valence-electron chi connectivity index (χ0n) is 6.86. The summed E-state index contributed by atoms with van der Waals surface area (Å²) in [4.78, 5) is 10.8. The lowest BCUT2D eigenvalue weighted by Crippen LogP contribution is -2.53. The van der Waals surface area contributed by atoms with E-state index in [-0.39, 0.29) is 12.3 Å². The molecule has 2 heterocycles. The summed E-state index contributed by atoms with van der Waals surface area (Å²) in [6.07, 6.45) is -0.238. The van der Waals surface area contributed by atoms with E-state index in [1.807, 2.05) is 0 Å². The predicted molar refractivity (Wildman–Crippen MR) is 39.7 cm³/mol. The van der Waals surface area contributed by atoms with Gasteiger partial charge in [-0.1, -0.05) is 0 Å². The minimum absolute atomic E-state index is 0.238. The number of fused-ring (bicyclic) bond motifs is 1. The predicted octanol–water partition coefficient (Wildman–Crippen LogP) is -1.37. The molecule has 0 aliphatic carbocycles. The van der Waals surface area contributed by atoms with Gasteiger partial charge >= 0.3 is 6.41 Å². The molecule has 0 unspecified atom stereocenters. The van der Waals surface area contributed by atoms with Crippen LogP contribution >= 0.6 is 0 Å². The summed E-state index contributed by atoms with van der Waals surface area (Å²) in [5.74, 6) is -0.281. The normalized spacial score (nSPS) is 39.8. The molecule has 2 rings (SSSR count). The van der Waals surface area contributed by atoms with Crippen molar-refractivity contribution in [2.24, 2.45) is 5.73 Å². The minimum Gasteiger partial charge on any atom is -0.365 e. The molecule has 0 atom stereocenters. The maximum Gasteiger partial charge on any atom is 0.309 e. The highest BCUT2D eigenvalue weighted by atomic mass is 16.7. The molecule has 0 aromatic rings. The Morgan fingerprint density at radius 2 is 2.00 bits per heavy atom. The van der Waals surface area contributed by atoms with Gasteiger partial charge < -0.3 is 5.73 Å². The third-order valence-electron chi connectivity index (χ3n) is 2.51. The Balaban J connectivity index is 2.11. The van der Waals surface area contributed by atoms with Crippen molar-refractivity contribution in [3.8, 4) is 0 Å². The van der Waals surface area contributed by atoms with E-state index in [0.29, 0.717) is 24.2 Å². The molecular formula is C7H13N2O3+. The number of carbonyl (C=O) groups excluding carboxylic acids is 1. The smallest absolute Gasteiger partial charge is 0.309 e. The first-order valence-corrected chi connectivity index (χ1v) is 4.10. The first-order chi connectivity index (χ1) is 5.73. The number of hydrogen-bond donors (Lipinski definition) is 1. The van der Waals surface area contributed by atoms with Crippen LogP contribution in [0.25, 0.3) is 0 Å². The van der Waals surface area contributed by atoms with Gasteiger partial charge in [0.05, 0.1) is 0 Å². The van der Waals surface area contributed by atoms with Crippen molar-refractivity contribution in [3.05, 3.63) is 0 Å². The van der Waals surface area contributed by atoms with Gasteiger partial charge in [0.1, 0.15) is 26.3 Å². The molecule has 2 aliphatic rings. The number of nitrogens with zero attached hydrogens (tertiary/aromatic N) is 1. The van der Waals surface area contributed by atoms with Crippen molar-refractivity contribution < 1.29 is 18.8 Å². The molecule has 0 spiro atoms. The van der Waals surface area contributed by atoms with E-state index in [4.69, 9.17) is 15.2 Å². The van der Waals surface area contributed by atoms with Gasteiger partial charge in [-0.05, 0) is 0 Å². The number of quaternary nitrogens is 1. The molecule has 68 valence electrons. The number of hydrogen-bond acceptors (Lipinski definition) is 3. The standard InChI is InChI=1S/C7H12N2O3/c8-6(10)5-9-1-3-11-7(9)12-4-2-9/h7H,1-5H2,(H-,8,10)/p+1. The molecule has 0 bridgehead atoms. The molecule has 2 aliphatic heterocycles. The molecule has 1 amide bonds. The molecule has 0 radical (unpaired) electrons. The fourth-order valence-corrected chi connectivity index (χ4v) is 1.90. The summed E-state index contributed by atoms with van der Waals surface area (Å²) in [6, 6.07) is 0. The van der Waals surface area contributed by atoms with Crippen molar-refractivity contribution in [3.63, 3.8) is 0 Å². The van der Waals surface area contributed by atoms with Crippen LogP contribution < -0.4 is 5.73 Å². The van der Waals surface area contributed by atoms with Crippen LogP contribution in [-0.4, -0.2) is 49.7 Å². The quantitative estimate of drug-likeness (QED) is 0.524. The van der Waals surface area contributed by atoms with Crippen LogP contribution in [0.15, 0.2) is 0 Å². The van der Waals surface area contributed by atoms with Crippen LogP contribution in [-0.2, 0) is 14.3 Å². The maximum atomic E-state index is 10.8. The van der Waals surface area contributed by atoms with Crippen LogP contribution in [0.5, 0.6) is 0 Å². The highest BCUT2D eigenvalue weighted by Gasteiger charge is 2.49. The van der Waals surface area contributed by atoms with E-state index in [2.05, 4.69) is 0 Å². The third kappa shape index (κ3) is 1.10. The van der Waals surface area contributed by atoms with Crippen molar-refractivity contribution in [1.29, 1.82) is 0 Å². The summed E-state index contributed by atoms with van der Waals surface area (Å²) in [5, 5.41) is 0. The number of primary amides is 1. The Morgan fingerprint density at radius 3 is 2.50 bits per heavy atom. The van der Waals surface area contributed by atoms with Crippen molar-refractivity contribution >= 4 is 5.91 Å². The molecule has 12 heavy (non-hydrogen) atoms. The van der Waals surface area contributed by atoms with E-state index in [9.17, 15) is 4.79 Å². The average molecular weight is 173 g/mol. The fraction of sp³-hybridized carbons (Fsp3) is 0.857. The largest absolute Gasteiger partial charge is 0.365 e. The van der Waals surface area contributed by atoms with Gasteiger partial charge in [0.2, 0.25) is 0 Å². The number of carbonyl (C=O) groups is 1. The number of nitrogens with two attached hydrogens (primary N) is 1. The van der Waals surface area contributed by atoms with Crippen molar-refractivity contribution in [2.45, 2.75) is 6.41 Å². The van der Waals surface area contributed by atoms with E-state index < -0.39 is 0 Å².